The van der Waals surface area contributed by atoms with Gasteiger partial charge in [-0.1, -0.05) is 36.4 Å². The summed E-state index contributed by atoms with van der Waals surface area (Å²) in [5.74, 6) is 1.48. The van der Waals surface area contributed by atoms with Gasteiger partial charge in [-0.15, -0.1) is 0 Å². The molecule has 0 bridgehead atoms. The number of benzene rings is 2. The number of para-hydroxylation sites is 2. The second-order valence-electron chi connectivity index (χ2n) is 6.90. The minimum atomic E-state index is -0.180. The number of ether oxygens (including phenoxy) is 2. The maximum Gasteiger partial charge on any atom is 0.317 e. The van der Waals surface area contributed by atoms with Crippen LogP contribution in [0.1, 0.15) is 30.0 Å². The van der Waals surface area contributed by atoms with Crippen LogP contribution in [-0.4, -0.2) is 37.2 Å². The Hall–Kier alpha value is -2.69. The molecule has 0 fully saturated rings. The number of carbonyl (C=O) groups excluding carboxylic acids is 1. The molecular formula is C21H24N2O3. The van der Waals surface area contributed by atoms with Crippen LogP contribution in [0.3, 0.4) is 0 Å². The highest BCUT2D eigenvalue weighted by Gasteiger charge is 2.27. The van der Waals surface area contributed by atoms with E-state index in [9.17, 15) is 4.79 Å². The van der Waals surface area contributed by atoms with E-state index in [-0.39, 0.29) is 18.2 Å². The lowest BCUT2D eigenvalue weighted by molar-refractivity contribution is 0.0896. The zero-order valence-electron chi connectivity index (χ0n) is 15.0. The smallest absolute Gasteiger partial charge is 0.317 e. The average molecular weight is 352 g/mol. The quantitative estimate of drug-likeness (QED) is 0.919. The molecule has 136 valence electrons. The summed E-state index contributed by atoms with van der Waals surface area (Å²) in [6.07, 6.45) is 3.02. The first-order chi connectivity index (χ1) is 12.7. The predicted molar refractivity (Wildman–Crippen MR) is 99.6 cm³/mol. The maximum atomic E-state index is 12.7. The molecule has 1 aliphatic carbocycles. The first kappa shape index (κ1) is 16.8. The molecule has 0 aromatic heterocycles. The lowest BCUT2D eigenvalue weighted by Crippen LogP contribution is -2.46. The minimum absolute atomic E-state index is 0.0749. The van der Waals surface area contributed by atoms with Crippen molar-refractivity contribution in [1.29, 1.82) is 0 Å². The number of aryl methyl sites for hydroxylation is 1. The molecule has 2 aromatic carbocycles. The summed E-state index contributed by atoms with van der Waals surface area (Å²) < 4.78 is 11.6. The van der Waals surface area contributed by atoms with E-state index in [4.69, 9.17) is 9.47 Å². The first-order valence-electron chi connectivity index (χ1n) is 9.19. The fourth-order valence-electron chi connectivity index (χ4n) is 3.76. The van der Waals surface area contributed by atoms with E-state index >= 15 is 0 Å². The van der Waals surface area contributed by atoms with Gasteiger partial charge in [0.1, 0.15) is 6.61 Å². The van der Waals surface area contributed by atoms with Crippen molar-refractivity contribution in [2.24, 2.45) is 0 Å². The number of hydrogen-bond donors (Lipinski definition) is 1. The van der Waals surface area contributed by atoms with Crippen LogP contribution in [0, 0.1) is 0 Å². The normalized spacial score (nSPS) is 20.8. The van der Waals surface area contributed by atoms with Crippen LogP contribution in [0.25, 0.3) is 0 Å². The first-order valence-corrected chi connectivity index (χ1v) is 9.19. The minimum Gasteiger partial charge on any atom is -0.486 e. The maximum absolute atomic E-state index is 12.7. The summed E-state index contributed by atoms with van der Waals surface area (Å²) >= 11 is 0. The van der Waals surface area contributed by atoms with E-state index in [0.29, 0.717) is 13.2 Å². The van der Waals surface area contributed by atoms with Gasteiger partial charge < -0.3 is 19.7 Å². The van der Waals surface area contributed by atoms with E-state index in [1.54, 1.807) is 0 Å². The van der Waals surface area contributed by atoms with Crippen molar-refractivity contribution in [2.75, 3.05) is 20.2 Å². The molecule has 0 saturated heterocycles. The zero-order valence-corrected chi connectivity index (χ0v) is 15.0. The number of hydrogen-bond acceptors (Lipinski definition) is 3. The highest BCUT2D eigenvalue weighted by atomic mass is 16.6. The average Bonchev–Trinajstić information content (AvgIpc) is 2.71. The number of urea groups is 1. The molecule has 0 radical (unpaired) electrons. The molecule has 1 N–H and O–H groups in total. The molecule has 2 amide bonds. The fourth-order valence-corrected chi connectivity index (χ4v) is 3.76. The van der Waals surface area contributed by atoms with Gasteiger partial charge in [0.15, 0.2) is 17.6 Å². The summed E-state index contributed by atoms with van der Waals surface area (Å²) in [6, 6.07) is 16.1. The summed E-state index contributed by atoms with van der Waals surface area (Å²) in [4.78, 5) is 14.5. The second-order valence-corrected chi connectivity index (χ2v) is 6.90. The molecule has 4 rings (SSSR count). The molecular weight excluding hydrogens is 328 g/mol. The fraction of sp³-hybridized carbons (Fsp3) is 0.381. The van der Waals surface area contributed by atoms with Gasteiger partial charge in [0.2, 0.25) is 0 Å². The third-order valence-electron chi connectivity index (χ3n) is 5.17. The Bertz CT molecular complexity index is 792. The van der Waals surface area contributed by atoms with E-state index in [1.165, 1.54) is 11.1 Å². The van der Waals surface area contributed by atoms with Gasteiger partial charge in [-0.05, 0) is 42.5 Å². The molecule has 5 heteroatoms. The number of carbonyl (C=O) groups is 1. The number of nitrogens with zero attached hydrogens (tertiary/aromatic N) is 1. The van der Waals surface area contributed by atoms with Crippen LogP contribution in [0.4, 0.5) is 4.79 Å². The predicted octanol–water partition coefficient (Wildman–Crippen LogP) is 3.55. The zero-order chi connectivity index (χ0) is 17.9. The summed E-state index contributed by atoms with van der Waals surface area (Å²) in [7, 11) is 1.87. The molecule has 0 spiro atoms. The molecule has 2 aromatic rings. The third kappa shape index (κ3) is 3.34. The Balaban J connectivity index is 1.36. The highest BCUT2D eigenvalue weighted by molar-refractivity contribution is 5.74. The van der Waals surface area contributed by atoms with Crippen molar-refractivity contribution in [3.8, 4) is 11.5 Å². The van der Waals surface area contributed by atoms with Crippen molar-refractivity contribution >= 4 is 6.03 Å². The molecule has 1 aliphatic heterocycles. The van der Waals surface area contributed by atoms with E-state index in [2.05, 4.69) is 23.5 Å². The van der Waals surface area contributed by atoms with Gasteiger partial charge in [0.25, 0.3) is 0 Å². The van der Waals surface area contributed by atoms with Crippen molar-refractivity contribution < 1.29 is 14.3 Å². The highest BCUT2D eigenvalue weighted by Crippen LogP contribution is 2.33. The van der Waals surface area contributed by atoms with E-state index in [0.717, 1.165) is 30.8 Å². The monoisotopic (exact) mass is 352 g/mol. The Morgan fingerprint density at radius 1 is 1.15 bits per heavy atom. The van der Waals surface area contributed by atoms with Crippen molar-refractivity contribution in [3.05, 3.63) is 59.7 Å². The third-order valence-corrected chi connectivity index (χ3v) is 5.17. The van der Waals surface area contributed by atoms with Crippen molar-refractivity contribution in [2.45, 2.75) is 31.4 Å². The van der Waals surface area contributed by atoms with Crippen molar-refractivity contribution in [3.63, 3.8) is 0 Å². The molecule has 1 heterocycles. The molecule has 0 unspecified atom stereocenters. The molecule has 5 nitrogen and oxygen atoms in total. The van der Waals surface area contributed by atoms with Crippen LogP contribution < -0.4 is 14.8 Å². The molecule has 0 saturated carbocycles. The standard InChI is InChI=1S/C21H24N2O3/c1-23(18-10-6-8-15-7-2-3-9-17(15)18)21(24)22-13-16-14-25-19-11-4-5-12-20(19)26-16/h2-5,7,9,11-12,16,18H,6,8,10,13-14H2,1H3,(H,22,24)/t16-,18-/m1/s1. The van der Waals surface area contributed by atoms with Gasteiger partial charge in [0.05, 0.1) is 12.6 Å². The number of fused-ring (bicyclic) bond motifs is 2. The van der Waals surface area contributed by atoms with E-state index in [1.807, 2.05) is 42.3 Å². The number of amides is 2. The molecule has 2 atom stereocenters. The summed E-state index contributed by atoms with van der Waals surface area (Å²) in [5.41, 5.74) is 2.62. The summed E-state index contributed by atoms with van der Waals surface area (Å²) in [5, 5.41) is 2.99. The van der Waals surface area contributed by atoms with Gasteiger partial charge in [-0.3, -0.25) is 0 Å². The Labute approximate surface area is 153 Å². The van der Waals surface area contributed by atoms with Gasteiger partial charge >= 0.3 is 6.03 Å². The van der Waals surface area contributed by atoms with Crippen molar-refractivity contribution in [1.82, 2.24) is 10.2 Å². The lowest BCUT2D eigenvalue weighted by Gasteiger charge is -2.34. The van der Waals surface area contributed by atoms with Crippen LogP contribution >= 0.6 is 0 Å². The largest absolute Gasteiger partial charge is 0.486 e. The Kier molecular flexibility index (Phi) is 4.69. The Morgan fingerprint density at radius 2 is 1.92 bits per heavy atom. The van der Waals surface area contributed by atoms with E-state index < -0.39 is 0 Å². The SMILES string of the molecule is CN(C(=O)NC[C@@H]1COc2ccccc2O1)[C@@H]1CCCc2ccccc21. The second kappa shape index (κ2) is 7.28. The van der Waals surface area contributed by atoms with Crippen LogP contribution in [-0.2, 0) is 6.42 Å². The molecule has 26 heavy (non-hydrogen) atoms. The Morgan fingerprint density at radius 3 is 2.81 bits per heavy atom. The number of rotatable bonds is 3. The lowest BCUT2D eigenvalue weighted by atomic mass is 9.87. The van der Waals surface area contributed by atoms with Gasteiger partial charge in [-0.2, -0.15) is 0 Å². The van der Waals surface area contributed by atoms with Gasteiger partial charge in [0, 0.05) is 7.05 Å². The van der Waals surface area contributed by atoms with Gasteiger partial charge in [-0.25, -0.2) is 4.79 Å². The van der Waals surface area contributed by atoms with Crippen LogP contribution in [0.5, 0.6) is 11.5 Å². The topological polar surface area (TPSA) is 50.8 Å². The molecule has 2 aliphatic rings. The number of nitrogens with one attached hydrogen (secondary N) is 1. The summed E-state index contributed by atoms with van der Waals surface area (Å²) in [6.45, 7) is 0.860. The van der Waals surface area contributed by atoms with Crippen LogP contribution in [0.2, 0.25) is 0 Å². The van der Waals surface area contributed by atoms with Crippen LogP contribution in [0.15, 0.2) is 48.5 Å².